The van der Waals surface area contributed by atoms with Crippen molar-refractivity contribution in [3.05, 3.63) is 42.5 Å². The molecule has 5 heteroatoms. The van der Waals surface area contributed by atoms with Gasteiger partial charge < -0.3 is 4.52 Å². The SMILES string of the molecule is CCC1CN1P(=O)(Oc1cccc2ccccc12)N1CC1CC. The molecule has 2 aliphatic heterocycles. The molecule has 2 heterocycles. The van der Waals surface area contributed by atoms with Gasteiger partial charge in [0.05, 0.1) is 0 Å². The average molecular weight is 330 g/mol. The molecule has 2 aromatic carbocycles. The first kappa shape index (κ1) is 15.2. The molecule has 0 N–H and O–H groups in total. The Morgan fingerprint density at radius 2 is 1.61 bits per heavy atom. The van der Waals surface area contributed by atoms with Gasteiger partial charge in [-0.05, 0) is 24.3 Å². The van der Waals surface area contributed by atoms with Crippen LogP contribution < -0.4 is 4.52 Å². The molecule has 0 amide bonds. The minimum absolute atomic E-state index is 0.397. The van der Waals surface area contributed by atoms with Crippen LogP contribution in [-0.2, 0) is 4.57 Å². The van der Waals surface area contributed by atoms with Crippen LogP contribution in [0.1, 0.15) is 26.7 Å². The molecule has 4 rings (SSSR count). The lowest BCUT2D eigenvalue weighted by atomic mass is 10.1. The van der Waals surface area contributed by atoms with Crippen molar-refractivity contribution >= 4 is 18.4 Å². The maximum Gasteiger partial charge on any atom is 0.396 e. The van der Waals surface area contributed by atoms with E-state index in [-0.39, 0.29) is 0 Å². The number of nitrogens with zero attached hydrogens (tertiary/aromatic N) is 2. The molecule has 4 nitrogen and oxygen atoms in total. The fourth-order valence-corrected chi connectivity index (χ4v) is 6.15. The summed E-state index contributed by atoms with van der Waals surface area (Å²) >= 11 is 0. The minimum atomic E-state index is -2.95. The smallest absolute Gasteiger partial charge is 0.396 e. The van der Waals surface area contributed by atoms with Gasteiger partial charge in [0.25, 0.3) is 0 Å². The molecule has 2 fully saturated rings. The minimum Gasteiger partial charge on any atom is -0.421 e. The molecule has 122 valence electrons. The lowest BCUT2D eigenvalue weighted by molar-refractivity contribution is 0.397. The summed E-state index contributed by atoms with van der Waals surface area (Å²) in [5.41, 5.74) is 0. The van der Waals surface area contributed by atoms with Crippen LogP contribution in [-0.4, -0.2) is 34.5 Å². The van der Waals surface area contributed by atoms with E-state index in [0.29, 0.717) is 12.1 Å². The summed E-state index contributed by atoms with van der Waals surface area (Å²) in [6, 6.07) is 14.9. The predicted molar refractivity (Wildman–Crippen MR) is 93.8 cm³/mol. The zero-order valence-corrected chi connectivity index (χ0v) is 14.6. The summed E-state index contributed by atoms with van der Waals surface area (Å²) in [7, 11) is -2.95. The highest BCUT2D eigenvalue weighted by molar-refractivity contribution is 7.55. The lowest BCUT2D eigenvalue weighted by Crippen LogP contribution is -2.14. The van der Waals surface area contributed by atoms with Gasteiger partial charge in [0.2, 0.25) is 0 Å². The Labute approximate surface area is 137 Å². The third kappa shape index (κ3) is 2.59. The Morgan fingerprint density at radius 3 is 2.22 bits per heavy atom. The molecule has 2 saturated heterocycles. The molecular formula is C18H23N2O2P. The topological polar surface area (TPSA) is 32.3 Å². The summed E-state index contributed by atoms with van der Waals surface area (Å²) in [5.74, 6) is 0.731. The van der Waals surface area contributed by atoms with Gasteiger partial charge in [0.1, 0.15) is 5.75 Å². The molecule has 4 atom stereocenters. The second-order valence-corrected chi connectivity index (χ2v) is 8.62. The number of benzene rings is 2. The standard InChI is InChI=1S/C18H23N2O2P/c1-3-15-12-19(15)23(21,20-13-16(20)4-2)22-18-11-7-9-14-8-5-6-10-17(14)18/h5-11,15-16H,3-4,12-13H2,1-2H3. The van der Waals surface area contributed by atoms with E-state index in [2.05, 4.69) is 35.3 Å². The normalized spacial score (nSPS) is 31.6. The van der Waals surface area contributed by atoms with E-state index in [4.69, 9.17) is 4.52 Å². The maximum atomic E-state index is 13.7. The van der Waals surface area contributed by atoms with E-state index in [1.807, 2.05) is 30.3 Å². The van der Waals surface area contributed by atoms with E-state index < -0.39 is 7.67 Å². The summed E-state index contributed by atoms with van der Waals surface area (Å²) < 4.78 is 24.1. The van der Waals surface area contributed by atoms with Crippen molar-refractivity contribution in [2.45, 2.75) is 38.8 Å². The Morgan fingerprint density at radius 1 is 1.00 bits per heavy atom. The lowest BCUT2D eigenvalue weighted by Gasteiger charge is -2.23. The van der Waals surface area contributed by atoms with Crippen LogP contribution in [0.25, 0.3) is 10.8 Å². The molecule has 0 saturated carbocycles. The van der Waals surface area contributed by atoms with Crippen LogP contribution in [0.2, 0.25) is 0 Å². The quantitative estimate of drug-likeness (QED) is 0.576. The highest BCUT2D eigenvalue weighted by Crippen LogP contribution is 2.65. The molecule has 4 unspecified atom stereocenters. The van der Waals surface area contributed by atoms with Gasteiger partial charge in [-0.2, -0.15) is 0 Å². The van der Waals surface area contributed by atoms with Crippen LogP contribution in [0, 0.1) is 0 Å². The predicted octanol–water partition coefficient (Wildman–Crippen LogP) is 4.52. The van der Waals surface area contributed by atoms with Crippen molar-refractivity contribution in [2.24, 2.45) is 0 Å². The van der Waals surface area contributed by atoms with Crippen molar-refractivity contribution in [2.75, 3.05) is 13.1 Å². The van der Waals surface area contributed by atoms with Gasteiger partial charge in [0, 0.05) is 30.6 Å². The molecular weight excluding hydrogens is 307 g/mol. The van der Waals surface area contributed by atoms with Crippen molar-refractivity contribution in [1.82, 2.24) is 9.34 Å². The van der Waals surface area contributed by atoms with Gasteiger partial charge in [-0.3, -0.25) is 0 Å². The Hall–Kier alpha value is -1.35. The Bertz CT molecular complexity index is 751. The molecule has 0 radical (unpaired) electrons. The summed E-state index contributed by atoms with van der Waals surface area (Å²) in [4.78, 5) is 0. The van der Waals surface area contributed by atoms with Crippen molar-refractivity contribution in [3.8, 4) is 5.75 Å². The van der Waals surface area contributed by atoms with E-state index in [0.717, 1.165) is 42.5 Å². The molecule has 0 aliphatic carbocycles. The number of rotatable bonds is 6. The van der Waals surface area contributed by atoms with Gasteiger partial charge in [-0.15, -0.1) is 0 Å². The first-order valence-corrected chi connectivity index (χ1v) is 10.0. The first-order valence-electron chi connectivity index (χ1n) is 8.49. The average Bonchev–Trinajstić information content (AvgIpc) is 3.48. The maximum absolute atomic E-state index is 13.7. The van der Waals surface area contributed by atoms with Crippen molar-refractivity contribution in [1.29, 1.82) is 0 Å². The van der Waals surface area contributed by atoms with Gasteiger partial charge in [-0.25, -0.2) is 13.9 Å². The zero-order valence-electron chi connectivity index (χ0n) is 13.7. The van der Waals surface area contributed by atoms with E-state index >= 15 is 0 Å². The van der Waals surface area contributed by atoms with E-state index in [9.17, 15) is 4.57 Å². The van der Waals surface area contributed by atoms with Crippen molar-refractivity contribution in [3.63, 3.8) is 0 Å². The monoisotopic (exact) mass is 330 g/mol. The first-order chi connectivity index (χ1) is 11.2. The van der Waals surface area contributed by atoms with Gasteiger partial charge in [-0.1, -0.05) is 50.2 Å². The number of fused-ring (bicyclic) bond motifs is 1. The highest BCUT2D eigenvalue weighted by atomic mass is 31.2. The largest absolute Gasteiger partial charge is 0.421 e. The Kier molecular flexibility index (Phi) is 3.72. The molecule has 2 aliphatic rings. The molecule has 0 bridgehead atoms. The van der Waals surface area contributed by atoms with Crippen LogP contribution in [0.3, 0.4) is 0 Å². The molecule has 23 heavy (non-hydrogen) atoms. The summed E-state index contributed by atoms with van der Waals surface area (Å²) in [5, 5.41) is 2.15. The van der Waals surface area contributed by atoms with Crippen LogP contribution in [0.15, 0.2) is 42.5 Å². The fraction of sp³-hybridized carbons (Fsp3) is 0.444. The molecule has 0 spiro atoms. The Balaban J connectivity index is 1.69. The number of hydrogen-bond donors (Lipinski definition) is 0. The van der Waals surface area contributed by atoms with Gasteiger partial charge in [0.15, 0.2) is 0 Å². The third-order valence-electron chi connectivity index (χ3n) is 4.93. The van der Waals surface area contributed by atoms with E-state index in [1.165, 1.54) is 0 Å². The highest BCUT2D eigenvalue weighted by Gasteiger charge is 2.59. The summed E-state index contributed by atoms with van der Waals surface area (Å²) in [6.45, 7) is 6.05. The third-order valence-corrected chi connectivity index (χ3v) is 7.64. The van der Waals surface area contributed by atoms with E-state index in [1.54, 1.807) is 0 Å². The number of hydrogen-bond acceptors (Lipinski definition) is 2. The van der Waals surface area contributed by atoms with Crippen LogP contribution in [0.4, 0.5) is 0 Å². The molecule has 0 aromatic heterocycles. The second-order valence-electron chi connectivity index (χ2n) is 6.43. The van der Waals surface area contributed by atoms with Crippen molar-refractivity contribution < 1.29 is 9.09 Å². The second kappa shape index (κ2) is 5.62. The van der Waals surface area contributed by atoms with Crippen LogP contribution >= 0.6 is 7.67 Å². The fourth-order valence-electron chi connectivity index (χ4n) is 3.29. The van der Waals surface area contributed by atoms with Crippen LogP contribution in [0.5, 0.6) is 5.75 Å². The van der Waals surface area contributed by atoms with Gasteiger partial charge >= 0.3 is 7.67 Å². The summed E-state index contributed by atoms with van der Waals surface area (Å²) in [6.07, 6.45) is 2.04. The molecule has 2 aromatic rings. The zero-order chi connectivity index (χ0) is 16.0.